The summed E-state index contributed by atoms with van der Waals surface area (Å²) in [6, 6.07) is 3.97. The van der Waals surface area contributed by atoms with Gasteiger partial charge in [-0.2, -0.15) is 5.10 Å². The second kappa shape index (κ2) is 6.76. The van der Waals surface area contributed by atoms with Gasteiger partial charge in [-0.25, -0.2) is 9.97 Å². The first kappa shape index (κ1) is 15.5. The lowest BCUT2D eigenvalue weighted by atomic mass is 9.98. The van der Waals surface area contributed by atoms with Crippen LogP contribution in [-0.2, 0) is 7.05 Å². The number of piperidine rings is 1. The molecule has 0 N–H and O–H groups in total. The fraction of sp³-hybridized carbons (Fsp3) is 0.500. The molecule has 0 aliphatic carbocycles. The van der Waals surface area contributed by atoms with Crippen LogP contribution in [0.4, 0.5) is 0 Å². The first-order valence-corrected chi connectivity index (χ1v) is 7.83. The molecule has 122 valence electrons. The zero-order chi connectivity index (χ0) is 16.2. The van der Waals surface area contributed by atoms with Crippen LogP contribution < -0.4 is 4.74 Å². The van der Waals surface area contributed by atoms with E-state index in [1.165, 1.54) is 0 Å². The molecule has 3 rings (SSSR count). The molecule has 1 saturated heterocycles. The van der Waals surface area contributed by atoms with Gasteiger partial charge < -0.3 is 9.64 Å². The van der Waals surface area contributed by atoms with Gasteiger partial charge in [0.25, 0.3) is 5.91 Å². The molecule has 0 saturated carbocycles. The zero-order valence-corrected chi connectivity index (χ0v) is 13.5. The number of likely N-dealkylation sites (tertiary alicyclic amines) is 1. The number of hydrogen-bond donors (Lipinski definition) is 0. The molecule has 23 heavy (non-hydrogen) atoms. The molecular formula is C16H21N5O2. The third-order valence-electron chi connectivity index (χ3n) is 4.02. The van der Waals surface area contributed by atoms with Crippen LogP contribution in [0.5, 0.6) is 6.01 Å². The van der Waals surface area contributed by atoms with Crippen LogP contribution in [0.25, 0.3) is 0 Å². The largest absolute Gasteiger partial charge is 0.463 e. The molecule has 3 heterocycles. The highest BCUT2D eigenvalue weighted by atomic mass is 16.5. The van der Waals surface area contributed by atoms with E-state index in [1.807, 2.05) is 17.9 Å². The molecule has 0 radical (unpaired) electrons. The van der Waals surface area contributed by atoms with Crippen molar-refractivity contribution in [1.82, 2.24) is 24.6 Å². The van der Waals surface area contributed by atoms with Crippen molar-refractivity contribution in [3.05, 3.63) is 35.9 Å². The monoisotopic (exact) mass is 315 g/mol. The summed E-state index contributed by atoms with van der Waals surface area (Å²) >= 11 is 0. The van der Waals surface area contributed by atoms with Gasteiger partial charge in [-0.05, 0) is 31.9 Å². The summed E-state index contributed by atoms with van der Waals surface area (Å²) in [4.78, 5) is 22.6. The minimum atomic E-state index is 0.0359. The average molecular weight is 315 g/mol. The Morgan fingerprint density at radius 2 is 2.17 bits per heavy atom. The molecule has 1 aliphatic heterocycles. The van der Waals surface area contributed by atoms with E-state index in [0.29, 0.717) is 30.8 Å². The Kier molecular flexibility index (Phi) is 4.55. The maximum absolute atomic E-state index is 12.7. The van der Waals surface area contributed by atoms with E-state index >= 15 is 0 Å². The number of ether oxygens (including phenoxy) is 1. The van der Waals surface area contributed by atoms with Crippen molar-refractivity contribution in [2.75, 3.05) is 19.7 Å². The SMILES string of the molecule is Cc1cc(C(=O)N2CCCC(COc3ncccn3)C2)n(C)n1. The summed E-state index contributed by atoms with van der Waals surface area (Å²) in [7, 11) is 1.80. The zero-order valence-electron chi connectivity index (χ0n) is 13.5. The molecule has 0 aromatic carbocycles. The highest BCUT2D eigenvalue weighted by molar-refractivity contribution is 5.92. The lowest BCUT2D eigenvalue weighted by molar-refractivity contribution is 0.0618. The van der Waals surface area contributed by atoms with Gasteiger partial charge in [0.15, 0.2) is 0 Å². The normalized spacial score (nSPS) is 18.0. The fourth-order valence-corrected chi connectivity index (χ4v) is 2.91. The van der Waals surface area contributed by atoms with Crippen molar-refractivity contribution in [3.8, 4) is 6.01 Å². The Morgan fingerprint density at radius 3 is 2.87 bits per heavy atom. The van der Waals surface area contributed by atoms with Gasteiger partial charge in [0.1, 0.15) is 5.69 Å². The molecule has 2 aromatic heterocycles. The van der Waals surface area contributed by atoms with E-state index in [1.54, 1.807) is 30.2 Å². The van der Waals surface area contributed by atoms with Crippen LogP contribution in [0.3, 0.4) is 0 Å². The Balaban J connectivity index is 1.59. The minimum Gasteiger partial charge on any atom is -0.463 e. The molecule has 1 aliphatic rings. The predicted molar refractivity (Wildman–Crippen MR) is 84.1 cm³/mol. The van der Waals surface area contributed by atoms with Crippen molar-refractivity contribution in [2.45, 2.75) is 19.8 Å². The molecule has 1 atom stereocenters. The third-order valence-corrected chi connectivity index (χ3v) is 4.02. The molecule has 1 amide bonds. The van der Waals surface area contributed by atoms with Gasteiger partial charge in [-0.1, -0.05) is 0 Å². The van der Waals surface area contributed by atoms with Crippen molar-refractivity contribution in [1.29, 1.82) is 0 Å². The van der Waals surface area contributed by atoms with Gasteiger partial charge in [-0.15, -0.1) is 0 Å². The molecule has 1 fully saturated rings. The molecule has 2 aromatic rings. The van der Waals surface area contributed by atoms with Crippen LogP contribution in [0.2, 0.25) is 0 Å². The molecule has 7 heteroatoms. The lowest BCUT2D eigenvalue weighted by Crippen LogP contribution is -2.42. The number of carbonyl (C=O) groups is 1. The van der Waals surface area contributed by atoms with Crippen molar-refractivity contribution in [3.63, 3.8) is 0 Å². The van der Waals surface area contributed by atoms with E-state index in [0.717, 1.165) is 25.1 Å². The smallest absolute Gasteiger partial charge is 0.316 e. The van der Waals surface area contributed by atoms with Crippen molar-refractivity contribution < 1.29 is 9.53 Å². The topological polar surface area (TPSA) is 73.1 Å². The quantitative estimate of drug-likeness (QED) is 0.854. The second-order valence-corrected chi connectivity index (χ2v) is 5.90. The first-order chi connectivity index (χ1) is 11.1. The summed E-state index contributed by atoms with van der Waals surface area (Å²) in [5.41, 5.74) is 1.49. The van der Waals surface area contributed by atoms with Crippen LogP contribution in [0.15, 0.2) is 24.5 Å². The van der Waals surface area contributed by atoms with Crippen LogP contribution in [-0.4, -0.2) is 50.3 Å². The average Bonchev–Trinajstić information content (AvgIpc) is 2.92. The second-order valence-electron chi connectivity index (χ2n) is 5.90. The maximum Gasteiger partial charge on any atom is 0.316 e. The van der Waals surface area contributed by atoms with Crippen LogP contribution in [0.1, 0.15) is 29.0 Å². The molecule has 7 nitrogen and oxygen atoms in total. The minimum absolute atomic E-state index is 0.0359. The van der Waals surface area contributed by atoms with Gasteiger partial charge >= 0.3 is 6.01 Å². The number of amides is 1. The highest BCUT2D eigenvalue weighted by Gasteiger charge is 2.26. The maximum atomic E-state index is 12.7. The van der Waals surface area contributed by atoms with Gasteiger partial charge in [0.05, 0.1) is 12.3 Å². The summed E-state index contributed by atoms with van der Waals surface area (Å²) in [5, 5.41) is 4.25. The number of aromatic nitrogens is 4. The van der Waals surface area contributed by atoms with E-state index in [4.69, 9.17) is 4.74 Å². The van der Waals surface area contributed by atoms with Crippen molar-refractivity contribution in [2.24, 2.45) is 13.0 Å². The van der Waals surface area contributed by atoms with Gasteiger partial charge in [0, 0.05) is 38.4 Å². The number of hydrogen-bond acceptors (Lipinski definition) is 5. The molecule has 0 spiro atoms. The van der Waals surface area contributed by atoms with Crippen LogP contribution >= 0.6 is 0 Å². The van der Waals surface area contributed by atoms with E-state index < -0.39 is 0 Å². The number of nitrogens with zero attached hydrogens (tertiary/aromatic N) is 5. The summed E-state index contributed by atoms with van der Waals surface area (Å²) in [5.74, 6) is 0.333. The van der Waals surface area contributed by atoms with E-state index in [9.17, 15) is 4.79 Å². The van der Waals surface area contributed by atoms with Crippen molar-refractivity contribution >= 4 is 5.91 Å². The Labute approximate surface area is 135 Å². The Morgan fingerprint density at radius 1 is 1.39 bits per heavy atom. The fourth-order valence-electron chi connectivity index (χ4n) is 2.91. The van der Waals surface area contributed by atoms with Gasteiger partial charge in [0.2, 0.25) is 0 Å². The van der Waals surface area contributed by atoms with Gasteiger partial charge in [-0.3, -0.25) is 9.48 Å². The predicted octanol–water partition coefficient (Wildman–Crippen LogP) is 1.45. The first-order valence-electron chi connectivity index (χ1n) is 7.83. The number of carbonyl (C=O) groups excluding carboxylic acids is 1. The molecule has 1 unspecified atom stereocenters. The third kappa shape index (κ3) is 3.67. The summed E-state index contributed by atoms with van der Waals surface area (Å²) in [6.07, 6.45) is 5.33. The Bertz CT molecular complexity index is 670. The number of aryl methyl sites for hydroxylation is 2. The Hall–Kier alpha value is -2.44. The molecular weight excluding hydrogens is 294 g/mol. The standard InChI is InChI=1S/C16H21N5O2/c1-12-9-14(20(2)19-12)15(22)21-8-3-5-13(10-21)11-23-16-17-6-4-7-18-16/h4,6-7,9,13H,3,5,8,10-11H2,1-2H3. The molecule has 0 bridgehead atoms. The van der Waals surface area contributed by atoms with E-state index in [2.05, 4.69) is 15.1 Å². The van der Waals surface area contributed by atoms with E-state index in [-0.39, 0.29) is 5.91 Å². The summed E-state index contributed by atoms with van der Waals surface area (Å²) < 4.78 is 7.28. The highest BCUT2D eigenvalue weighted by Crippen LogP contribution is 2.19. The number of rotatable bonds is 4. The van der Waals surface area contributed by atoms with Crippen LogP contribution in [0, 0.1) is 12.8 Å². The lowest BCUT2D eigenvalue weighted by Gasteiger charge is -2.32. The summed E-state index contributed by atoms with van der Waals surface area (Å²) in [6.45, 7) is 3.89.